The van der Waals surface area contributed by atoms with Gasteiger partial charge in [-0.15, -0.1) is 0 Å². The third-order valence-electron chi connectivity index (χ3n) is 4.75. The molecule has 0 saturated carbocycles. The predicted octanol–water partition coefficient (Wildman–Crippen LogP) is 1.74. The van der Waals surface area contributed by atoms with Gasteiger partial charge < -0.3 is 15.2 Å². The van der Waals surface area contributed by atoms with Crippen molar-refractivity contribution < 1.29 is 13.9 Å². The second kappa shape index (κ2) is 7.20. The van der Waals surface area contributed by atoms with E-state index in [1.807, 2.05) is 20.8 Å². The van der Waals surface area contributed by atoms with Gasteiger partial charge in [-0.1, -0.05) is 6.92 Å². The number of hydrogen-bond donors (Lipinski definition) is 1. The van der Waals surface area contributed by atoms with Crippen LogP contribution in [0, 0.1) is 18.7 Å². The molecule has 0 fully saturated rings. The lowest BCUT2D eigenvalue weighted by atomic mass is 10.2. The molecular weight excluding hydrogens is 361 g/mol. The van der Waals surface area contributed by atoms with Gasteiger partial charge >= 0.3 is 0 Å². The van der Waals surface area contributed by atoms with Gasteiger partial charge in [0, 0.05) is 16.7 Å². The topological polar surface area (TPSA) is 87.0 Å². The fourth-order valence-electron chi connectivity index (χ4n) is 3.14. The number of nitrogens with two attached hydrogens (primary N) is 1. The van der Waals surface area contributed by atoms with E-state index < -0.39 is 5.82 Å². The maximum atomic E-state index is 14.9. The number of fused-ring (bicyclic) bond motifs is 2. The van der Waals surface area contributed by atoms with E-state index in [1.165, 1.54) is 6.33 Å². The number of hydrogen-bond acceptors (Lipinski definition) is 6. The summed E-state index contributed by atoms with van der Waals surface area (Å²) < 4.78 is 28.2. The van der Waals surface area contributed by atoms with Gasteiger partial charge in [-0.3, -0.25) is 4.99 Å². The molecule has 28 heavy (non-hydrogen) atoms. The van der Waals surface area contributed by atoms with Crippen LogP contribution >= 0.6 is 0 Å². The summed E-state index contributed by atoms with van der Waals surface area (Å²) in [4.78, 5) is 8.57. The van der Waals surface area contributed by atoms with Crippen LogP contribution in [-0.4, -0.2) is 33.8 Å². The summed E-state index contributed by atoms with van der Waals surface area (Å²) in [7, 11) is 0. The van der Waals surface area contributed by atoms with Gasteiger partial charge in [-0.05, 0) is 38.6 Å². The first-order chi connectivity index (χ1) is 13.5. The van der Waals surface area contributed by atoms with Crippen molar-refractivity contribution in [2.75, 3.05) is 13.2 Å². The fraction of sp³-hybridized carbons (Fsp3) is 0.350. The highest BCUT2D eigenvalue weighted by Gasteiger charge is 2.18. The molecule has 0 bridgehead atoms. The zero-order valence-corrected chi connectivity index (χ0v) is 16.0. The molecule has 0 radical (unpaired) electrons. The highest BCUT2D eigenvalue weighted by molar-refractivity contribution is 5.67. The first-order valence-corrected chi connectivity index (χ1v) is 9.19. The largest absolute Gasteiger partial charge is 0.491 e. The average molecular weight is 383 g/mol. The molecule has 0 saturated heterocycles. The maximum Gasteiger partial charge on any atom is 0.247 e. The van der Waals surface area contributed by atoms with Crippen molar-refractivity contribution in [1.82, 2.24) is 14.6 Å². The molecule has 146 valence electrons. The van der Waals surface area contributed by atoms with Crippen LogP contribution in [0.3, 0.4) is 0 Å². The Morgan fingerprint density at radius 3 is 2.93 bits per heavy atom. The summed E-state index contributed by atoms with van der Waals surface area (Å²) in [5, 5.41) is 5.30. The Bertz CT molecular complexity index is 1160. The van der Waals surface area contributed by atoms with Crippen LogP contribution in [0.15, 0.2) is 29.6 Å². The molecule has 8 heteroatoms. The second-order valence-electron chi connectivity index (χ2n) is 7.08. The average Bonchev–Trinajstić information content (AvgIpc) is 3.22. The first-order valence-electron chi connectivity index (χ1n) is 9.19. The van der Waals surface area contributed by atoms with E-state index in [2.05, 4.69) is 15.1 Å². The Balaban J connectivity index is 1.71. The second-order valence-corrected chi connectivity index (χ2v) is 7.08. The summed E-state index contributed by atoms with van der Waals surface area (Å²) in [6.45, 7) is 6.85. The Morgan fingerprint density at radius 2 is 2.14 bits per heavy atom. The van der Waals surface area contributed by atoms with Gasteiger partial charge in [-0.25, -0.2) is 8.91 Å². The molecular formula is C20H22FN5O2. The Morgan fingerprint density at radius 1 is 1.32 bits per heavy atom. The quantitative estimate of drug-likeness (QED) is 0.701. The number of ether oxygens (including phenoxy) is 2. The monoisotopic (exact) mass is 383 g/mol. The smallest absolute Gasteiger partial charge is 0.247 e. The molecule has 3 heterocycles. The summed E-state index contributed by atoms with van der Waals surface area (Å²) >= 11 is 0. The van der Waals surface area contributed by atoms with Gasteiger partial charge in [0.2, 0.25) is 5.88 Å². The van der Waals surface area contributed by atoms with Crippen LogP contribution in [0.5, 0.6) is 17.4 Å². The van der Waals surface area contributed by atoms with Crippen LogP contribution in [0.2, 0.25) is 0 Å². The van der Waals surface area contributed by atoms with Crippen molar-refractivity contribution in [1.29, 1.82) is 0 Å². The molecule has 0 spiro atoms. The lowest BCUT2D eigenvalue weighted by Crippen LogP contribution is -2.25. The van der Waals surface area contributed by atoms with Gasteiger partial charge in [0.15, 0.2) is 11.6 Å². The number of rotatable bonds is 6. The molecule has 3 aromatic rings. The lowest BCUT2D eigenvalue weighted by Gasteiger charge is -2.10. The van der Waals surface area contributed by atoms with Crippen molar-refractivity contribution in [2.45, 2.75) is 26.8 Å². The van der Waals surface area contributed by atoms with E-state index in [0.717, 1.165) is 5.56 Å². The molecule has 1 aliphatic heterocycles. The Labute approximate surface area is 161 Å². The van der Waals surface area contributed by atoms with E-state index in [-0.39, 0.29) is 23.6 Å². The molecule has 1 aliphatic rings. The molecule has 4 rings (SSSR count). The normalized spacial score (nSPS) is 16.4. The van der Waals surface area contributed by atoms with Crippen molar-refractivity contribution in [2.24, 2.45) is 16.6 Å². The zero-order valence-electron chi connectivity index (χ0n) is 16.0. The standard InChI is InChI=1S/C20H22FN5O2/c1-11(7-22)9-27-17-8-26-19(13(17)3)20(23-10-24-26)28-16-5-4-15-14(18(16)21)6-12(2)25-15/h4-6,8,10-12H,7,9,22H2,1-3H3. The van der Waals surface area contributed by atoms with Gasteiger partial charge in [0.1, 0.15) is 17.6 Å². The molecule has 0 amide bonds. The predicted molar refractivity (Wildman–Crippen MR) is 103 cm³/mol. The van der Waals surface area contributed by atoms with Gasteiger partial charge in [0.05, 0.1) is 24.2 Å². The van der Waals surface area contributed by atoms with Crippen molar-refractivity contribution >= 4 is 11.6 Å². The number of aromatic nitrogens is 3. The number of benzene rings is 1. The van der Waals surface area contributed by atoms with Crippen molar-refractivity contribution in [3.63, 3.8) is 0 Å². The third kappa shape index (κ3) is 3.20. The van der Waals surface area contributed by atoms with E-state index in [0.29, 0.717) is 35.0 Å². The first kappa shape index (κ1) is 18.4. The van der Waals surface area contributed by atoms with Crippen LogP contribution in [-0.2, 0) is 0 Å². The minimum absolute atomic E-state index is 0.0472. The molecule has 0 aliphatic carbocycles. The van der Waals surface area contributed by atoms with Crippen molar-refractivity contribution in [3.05, 3.63) is 46.6 Å². The minimum Gasteiger partial charge on any atom is -0.491 e. The number of halogens is 1. The third-order valence-corrected chi connectivity index (χ3v) is 4.75. The summed E-state index contributed by atoms with van der Waals surface area (Å²) in [6, 6.07) is 3.27. The van der Waals surface area contributed by atoms with Crippen LogP contribution in [0.25, 0.3) is 11.6 Å². The van der Waals surface area contributed by atoms with E-state index in [1.54, 1.807) is 28.9 Å². The van der Waals surface area contributed by atoms with E-state index in [9.17, 15) is 4.39 Å². The maximum absolute atomic E-state index is 14.9. The molecule has 7 nitrogen and oxygen atoms in total. The van der Waals surface area contributed by atoms with E-state index >= 15 is 0 Å². The number of aryl methyl sites for hydroxylation is 1. The minimum atomic E-state index is -0.445. The van der Waals surface area contributed by atoms with Crippen LogP contribution in [0.1, 0.15) is 19.4 Å². The van der Waals surface area contributed by atoms with Crippen LogP contribution in [0.4, 0.5) is 4.39 Å². The fourth-order valence-corrected chi connectivity index (χ4v) is 3.14. The van der Waals surface area contributed by atoms with Crippen molar-refractivity contribution in [3.8, 4) is 17.4 Å². The summed E-state index contributed by atoms with van der Waals surface area (Å²) in [6.07, 6.45) is 4.90. The van der Waals surface area contributed by atoms with Crippen LogP contribution < -0.4 is 25.8 Å². The SMILES string of the molecule is Cc1c(OCC(C)CN)cn2ncnc(Oc3ccc4c(c3F)=CC(C)N=4)c12. The Kier molecular flexibility index (Phi) is 4.72. The van der Waals surface area contributed by atoms with E-state index in [4.69, 9.17) is 15.2 Å². The number of nitrogens with zero attached hydrogens (tertiary/aromatic N) is 4. The molecule has 2 aromatic heterocycles. The highest BCUT2D eigenvalue weighted by atomic mass is 19.1. The van der Waals surface area contributed by atoms with Gasteiger partial charge in [-0.2, -0.15) is 10.1 Å². The summed E-state index contributed by atoms with van der Waals surface area (Å²) in [5.74, 6) is 0.811. The molecule has 1 aromatic carbocycles. The highest BCUT2D eigenvalue weighted by Crippen LogP contribution is 2.32. The molecule has 2 atom stereocenters. The lowest BCUT2D eigenvalue weighted by molar-refractivity contribution is 0.262. The molecule has 2 N–H and O–H groups in total. The zero-order chi connectivity index (χ0) is 19.8. The Hall–Kier alpha value is -3.00. The van der Waals surface area contributed by atoms with Gasteiger partial charge in [0.25, 0.3) is 0 Å². The summed E-state index contributed by atoms with van der Waals surface area (Å²) in [5.41, 5.74) is 7.09. The molecule has 2 unspecified atom stereocenters.